The van der Waals surface area contributed by atoms with E-state index in [1.807, 2.05) is 6.92 Å². The van der Waals surface area contributed by atoms with Gasteiger partial charge in [0.25, 0.3) is 5.91 Å². The molecule has 0 atom stereocenters. The average Bonchev–Trinajstić information content (AvgIpc) is 1.96. The summed E-state index contributed by atoms with van der Waals surface area (Å²) in [6.45, 7) is 1.89. The Bertz CT molecular complexity index is 336. The minimum atomic E-state index is -0.506. The molecule has 0 radical (unpaired) electrons. The molecule has 0 bridgehead atoms. The van der Waals surface area contributed by atoms with Crippen LogP contribution in [-0.4, -0.2) is 5.91 Å². The second-order valence-corrected chi connectivity index (χ2v) is 3.41. The fourth-order valence-electron chi connectivity index (χ4n) is 0.917. The van der Waals surface area contributed by atoms with Gasteiger partial charge in [-0.2, -0.15) is 0 Å². The third kappa shape index (κ3) is 1.58. The number of carbonyl (C=O) groups excluding carboxylic acids is 1. The number of nitrogens with two attached hydrogens (primary N) is 2. The van der Waals surface area contributed by atoms with Gasteiger partial charge in [0.05, 0.1) is 5.56 Å². The third-order valence-electron chi connectivity index (χ3n) is 1.60. The number of rotatable bonds is 1. The number of hydrogen-bond acceptors (Lipinski definition) is 2. The number of amides is 1. The van der Waals surface area contributed by atoms with E-state index in [4.69, 9.17) is 11.5 Å². The molecule has 64 valence electrons. The van der Waals surface area contributed by atoms with Crippen LogP contribution in [0.3, 0.4) is 0 Å². The molecule has 0 fully saturated rings. The molecule has 0 saturated carbocycles. The van der Waals surface area contributed by atoms with Gasteiger partial charge in [-0.1, -0.05) is 15.9 Å². The van der Waals surface area contributed by atoms with Crippen molar-refractivity contribution in [2.75, 3.05) is 5.73 Å². The van der Waals surface area contributed by atoms with Crippen molar-refractivity contribution in [2.45, 2.75) is 6.92 Å². The molecule has 0 aliphatic carbocycles. The molecular weight excluding hydrogens is 220 g/mol. The van der Waals surface area contributed by atoms with Crippen molar-refractivity contribution in [3.8, 4) is 0 Å². The first-order valence-corrected chi connectivity index (χ1v) is 4.17. The van der Waals surface area contributed by atoms with Crippen molar-refractivity contribution in [1.29, 1.82) is 0 Å². The van der Waals surface area contributed by atoms with Crippen LogP contribution in [0.1, 0.15) is 15.9 Å². The molecule has 0 spiro atoms. The van der Waals surface area contributed by atoms with Gasteiger partial charge in [0.1, 0.15) is 0 Å². The van der Waals surface area contributed by atoms with Gasteiger partial charge in [0.15, 0.2) is 0 Å². The second kappa shape index (κ2) is 3.15. The molecule has 1 amide bonds. The van der Waals surface area contributed by atoms with E-state index < -0.39 is 5.91 Å². The number of halogens is 1. The summed E-state index contributed by atoms with van der Waals surface area (Å²) in [4.78, 5) is 10.8. The molecule has 12 heavy (non-hydrogen) atoms. The Morgan fingerprint density at radius 1 is 1.50 bits per heavy atom. The maximum Gasteiger partial charge on any atom is 0.250 e. The summed E-state index contributed by atoms with van der Waals surface area (Å²) >= 11 is 3.29. The lowest BCUT2D eigenvalue weighted by atomic mass is 10.1. The van der Waals surface area contributed by atoms with Crippen LogP contribution >= 0.6 is 15.9 Å². The van der Waals surface area contributed by atoms with Crippen molar-refractivity contribution >= 4 is 27.5 Å². The monoisotopic (exact) mass is 228 g/mol. The van der Waals surface area contributed by atoms with Crippen molar-refractivity contribution in [3.63, 3.8) is 0 Å². The van der Waals surface area contributed by atoms with E-state index in [0.717, 1.165) is 10.0 Å². The van der Waals surface area contributed by atoms with E-state index in [1.165, 1.54) is 0 Å². The second-order valence-electron chi connectivity index (χ2n) is 2.55. The van der Waals surface area contributed by atoms with Crippen LogP contribution in [0.2, 0.25) is 0 Å². The van der Waals surface area contributed by atoms with Crippen LogP contribution in [0.15, 0.2) is 16.6 Å². The van der Waals surface area contributed by atoms with Crippen LogP contribution in [-0.2, 0) is 0 Å². The van der Waals surface area contributed by atoms with Crippen LogP contribution in [0.25, 0.3) is 0 Å². The average molecular weight is 229 g/mol. The van der Waals surface area contributed by atoms with Gasteiger partial charge >= 0.3 is 0 Å². The minimum Gasteiger partial charge on any atom is -0.398 e. The van der Waals surface area contributed by atoms with Crippen LogP contribution in [0.5, 0.6) is 0 Å². The molecule has 0 unspecified atom stereocenters. The Labute approximate surface area is 78.9 Å². The first-order chi connectivity index (χ1) is 5.52. The van der Waals surface area contributed by atoms with Crippen molar-refractivity contribution in [1.82, 2.24) is 0 Å². The Hall–Kier alpha value is -1.03. The molecule has 1 aromatic rings. The number of hydrogen-bond donors (Lipinski definition) is 2. The molecule has 1 rings (SSSR count). The number of nitrogen functional groups attached to an aromatic ring is 1. The summed E-state index contributed by atoms with van der Waals surface area (Å²) in [6.07, 6.45) is 0. The molecule has 1 aromatic carbocycles. The quantitative estimate of drug-likeness (QED) is 0.715. The van der Waals surface area contributed by atoms with Crippen molar-refractivity contribution in [2.24, 2.45) is 5.73 Å². The lowest BCUT2D eigenvalue weighted by molar-refractivity contribution is 0.100. The summed E-state index contributed by atoms with van der Waals surface area (Å²) in [5.74, 6) is -0.506. The zero-order valence-corrected chi connectivity index (χ0v) is 8.18. The maximum absolute atomic E-state index is 10.8. The summed E-state index contributed by atoms with van der Waals surface area (Å²) < 4.78 is 0.838. The predicted octanol–water partition coefficient (Wildman–Crippen LogP) is 1.44. The third-order valence-corrected chi connectivity index (χ3v) is 2.45. The lowest BCUT2D eigenvalue weighted by Gasteiger charge is -2.04. The van der Waals surface area contributed by atoms with Crippen LogP contribution < -0.4 is 11.5 Å². The lowest BCUT2D eigenvalue weighted by Crippen LogP contribution is -2.13. The SMILES string of the molecule is Cc1cc(N)c(C(N)=O)cc1Br. The van der Waals surface area contributed by atoms with E-state index >= 15 is 0 Å². The summed E-state index contributed by atoms with van der Waals surface area (Å²) in [5, 5.41) is 0. The topological polar surface area (TPSA) is 69.1 Å². The van der Waals surface area contributed by atoms with E-state index in [-0.39, 0.29) is 0 Å². The highest BCUT2D eigenvalue weighted by molar-refractivity contribution is 9.10. The van der Waals surface area contributed by atoms with E-state index in [2.05, 4.69) is 15.9 Å². The summed E-state index contributed by atoms with van der Waals surface area (Å²) in [6, 6.07) is 3.34. The standard InChI is InChI=1S/C8H9BrN2O/c1-4-2-7(10)5(8(11)12)3-6(4)9/h2-3H,10H2,1H3,(H2,11,12). The van der Waals surface area contributed by atoms with E-state index in [1.54, 1.807) is 12.1 Å². The largest absolute Gasteiger partial charge is 0.398 e. The van der Waals surface area contributed by atoms with Crippen LogP contribution in [0.4, 0.5) is 5.69 Å². The molecule has 0 aromatic heterocycles. The van der Waals surface area contributed by atoms with Gasteiger partial charge in [0, 0.05) is 10.2 Å². The summed E-state index contributed by atoms with van der Waals surface area (Å²) in [7, 11) is 0. The van der Waals surface area contributed by atoms with E-state index in [9.17, 15) is 4.79 Å². The minimum absolute atomic E-state index is 0.354. The highest BCUT2D eigenvalue weighted by atomic mass is 79.9. The Kier molecular flexibility index (Phi) is 2.38. The Balaban J connectivity index is 3.33. The fraction of sp³-hybridized carbons (Fsp3) is 0.125. The smallest absolute Gasteiger partial charge is 0.250 e. The molecule has 0 aliphatic heterocycles. The summed E-state index contributed by atoms with van der Waals surface area (Å²) in [5.41, 5.74) is 12.4. The van der Waals surface area contributed by atoms with Gasteiger partial charge in [0.2, 0.25) is 0 Å². The predicted molar refractivity (Wildman–Crippen MR) is 51.8 cm³/mol. The molecule has 3 nitrogen and oxygen atoms in total. The molecule has 0 aliphatic rings. The molecule has 0 heterocycles. The number of anilines is 1. The number of carbonyl (C=O) groups is 1. The van der Waals surface area contributed by atoms with Gasteiger partial charge in [-0.05, 0) is 24.6 Å². The molecular formula is C8H9BrN2O. The highest BCUT2D eigenvalue weighted by Crippen LogP contribution is 2.22. The van der Waals surface area contributed by atoms with Gasteiger partial charge < -0.3 is 11.5 Å². The maximum atomic E-state index is 10.8. The molecule has 0 saturated heterocycles. The highest BCUT2D eigenvalue weighted by Gasteiger charge is 2.07. The number of benzene rings is 1. The van der Waals surface area contributed by atoms with Crippen LogP contribution in [0, 0.1) is 6.92 Å². The van der Waals surface area contributed by atoms with Crippen molar-refractivity contribution in [3.05, 3.63) is 27.7 Å². The van der Waals surface area contributed by atoms with Gasteiger partial charge in [-0.3, -0.25) is 4.79 Å². The van der Waals surface area contributed by atoms with Gasteiger partial charge in [-0.15, -0.1) is 0 Å². The van der Waals surface area contributed by atoms with E-state index in [0.29, 0.717) is 11.3 Å². The van der Waals surface area contributed by atoms with Gasteiger partial charge in [-0.25, -0.2) is 0 Å². The first-order valence-electron chi connectivity index (χ1n) is 3.38. The Morgan fingerprint density at radius 3 is 2.58 bits per heavy atom. The number of primary amides is 1. The zero-order chi connectivity index (χ0) is 9.30. The fourth-order valence-corrected chi connectivity index (χ4v) is 1.26. The molecule has 4 N–H and O–H groups in total. The normalized spacial score (nSPS) is 9.83. The Morgan fingerprint density at radius 2 is 2.08 bits per heavy atom. The number of aryl methyl sites for hydroxylation is 1. The first kappa shape index (κ1) is 9.06. The zero-order valence-electron chi connectivity index (χ0n) is 6.60. The van der Waals surface area contributed by atoms with Crippen molar-refractivity contribution < 1.29 is 4.79 Å². The molecule has 4 heteroatoms.